The Hall–Kier alpha value is -2.16. The Balaban J connectivity index is 1.82. The molecule has 92 valence electrons. The normalized spacial score (nSPS) is 17.4. The van der Waals surface area contributed by atoms with Crippen LogP contribution in [0, 0.1) is 0 Å². The second-order valence-electron chi connectivity index (χ2n) is 4.74. The highest BCUT2D eigenvalue weighted by molar-refractivity contribution is 5.53. The molecule has 18 heavy (non-hydrogen) atoms. The third kappa shape index (κ3) is 1.99. The van der Waals surface area contributed by atoms with Crippen LogP contribution in [0.25, 0.3) is 0 Å². The van der Waals surface area contributed by atoms with E-state index >= 15 is 0 Å². The minimum Gasteiger partial charge on any atom is -0.508 e. The van der Waals surface area contributed by atoms with Gasteiger partial charge in [0.05, 0.1) is 6.04 Å². The Bertz CT molecular complexity index is 563. The minimum absolute atomic E-state index is 0.292. The van der Waals surface area contributed by atoms with Crippen LogP contribution in [0.2, 0.25) is 0 Å². The van der Waals surface area contributed by atoms with Gasteiger partial charge in [0.15, 0.2) is 0 Å². The molecule has 0 aliphatic heterocycles. The van der Waals surface area contributed by atoms with Crippen molar-refractivity contribution in [2.75, 3.05) is 11.1 Å². The maximum absolute atomic E-state index is 9.26. The molecule has 2 aromatic rings. The van der Waals surface area contributed by atoms with E-state index in [2.05, 4.69) is 17.4 Å². The van der Waals surface area contributed by atoms with Gasteiger partial charge in [0, 0.05) is 11.4 Å². The molecule has 0 saturated carbocycles. The zero-order valence-corrected chi connectivity index (χ0v) is 10.1. The average molecular weight is 240 g/mol. The molecule has 0 saturated heterocycles. The smallest absolute Gasteiger partial charge is 0.115 e. The van der Waals surface area contributed by atoms with E-state index < -0.39 is 0 Å². The Morgan fingerprint density at radius 2 is 1.89 bits per heavy atom. The fourth-order valence-corrected chi connectivity index (χ4v) is 2.55. The first-order valence-electron chi connectivity index (χ1n) is 6.16. The van der Waals surface area contributed by atoms with Gasteiger partial charge in [0.25, 0.3) is 0 Å². The van der Waals surface area contributed by atoms with Gasteiger partial charge in [0.1, 0.15) is 5.75 Å². The van der Waals surface area contributed by atoms with Crippen LogP contribution in [0.3, 0.4) is 0 Å². The fraction of sp³-hybridized carbons (Fsp3) is 0.200. The highest BCUT2D eigenvalue weighted by Crippen LogP contribution is 2.35. The molecule has 0 spiro atoms. The van der Waals surface area contributed by atoms with Gasteiger partial charge >= 0.3 is 0 Å². The van der Waals surface area contributed by atoms with Crippen molar-refractivity contribution >= 4 is 11.4 Å². The summed E-state index contributed by atoms with van der Waals surface area (Å²) < 4.78 is 0. The third-order valence-corrected chi connectivity index (χ3v) is 3.45. The zero-order valence-electron chi connectivity index (χ0n) is 10.1. The van der Waals surface area contributed by atoms with Crippen LogP contribution in [0.1, 0.15) is 23.6 Å². The molecular weight excluding hydrogens is 224 g/mol. The molecule has 1 aliphatic carbocycles. The molecule has 4 N–H and O–H groups in total. The van der Waals surface area contributed by atoms with Crippen molar-refractivity contribution in [3.63, 3.8) is 0 Å². The lowest BCUT2D eigenvalue weighted by Crippen LogP contribution is -2.06. The number of aryl methyl sites for hydroxylation is 1. The average Bonchev–Trinajstić information content (AvgIpc) is 2.74. The molecule has 0 aromatic heterocycles. The van der Waals surface area contributed by atoms with Gasteiger partial charge in [0.2, 0.25) is 0 Å². The number of phenols is 1. The van der Waals surface area contributed by atoms with Crippen LogP contribution in [0.5, 0.6) is 5.75 Å². The number of benzene rings is 2. The molecule has 2 aromatic carbocycles. The van der Waals surface area contributed by atoms with Gasteiger partial charge in [-0.05, 0) is 60.4 Å². The van der Waals surface area contributed by atoms with Crippen molar-refractivity contribution in [1.29, 1.82) is 0 Å². The van der Waals surface area contributed by atoms with Crippen LogP contribution < -0.4 is 11.1 Å². The highest BCUT2D eigenvalue weighted by atomic mass is 16.3. The van der Waals surface area contributed by atoms with Gasteiger partial charge in [-0.2, -0.15) is 0 Å². The molecule has 1 aliphatic rings. The number of hydrogen-bond acceptors (Lipinski definition) is 3. The van der Waals surface area contributed by atoms with E-state index in [4.69, 9.17) is 5.73 Å². The first kappa shape index (κ1) is 11.0. The van der Waals surface area contributed by atoms with E-state index in [1.165, 1.54) is 11.1 Å². The molecule has 0 bridgehead atoms. The summed E-state index contributed by atoms with van der Waals surface area (Å²) in [6.45, 7) is 0. The predicted octanol–water partition coefficient (Wildman–Crippen LogP) is 3.07. The summed E-state index contributed by atoms with van der Waals surface area (Å²) >= 11 is 0. The number of fused-ring (bicyclic) bond motifs is 1. The van der Waals surface area contributed by atoms with Crippen molar-refractivity contribution in [1.82, 2.24) is 0 Å². The number of nitrogens with one attached hydrogen (secondary N) is 1. The van der Waals surface area contributed by atoms with E-state index in [1.807, 2.05) is 18.2 Å². The molecule has 3 rings (SSSR count). The second-order valence-corrected chi connectivity index (χ2v) is 4.74. The number of hydrogen-bond donors (Lipinski definition) is 3. The predicted molar refractivity (Wildman–Crippen MR) is 73.6 cm³/mol. The summed E-state index contributed by atoms with van der Waals surface area (Å²) in [5.41, 5.74) is 10.3. The standard InChI is InChI=1S/C15H16N2O/c16-11-2-7-14-10(9-11)1-8-15(14)17-12-3-5-13(18)6-4-12/h2-7,9,15,17-18H,1,8,16H2. The highest BCUT2D eigenvalue weighted by Gasteiger charge is 2.22. The number of aromatic hydroxyl groups is 1. The first-order chi connectivity index (χ1) is 8.72. The Morgan fingerprint density at radius 3 is 2.67 bits per heavy atom. The summed E-state index contributed by atoms with van der Waals surface area (Å²) in [4.78, 5) is 0. The molecule has 3 nitrogen and oxygen atoms in total. The van der Waals surface area contributed by atoms with Crippen LogP contribution in [0.4, 0.5) is 11.4 Å². The Morgan fingerprint density at radius 1 is 1.11 bits per heavy atom. The maximum Gasteiger partial charge on any atom is 0.115 e. The lowest BCUT2D eigenvalue weighted by atomic mass is 10.1. The lowest BCUT2D eigenvalue weighted by Gasteiger charge is -2.15. The Labute approximate surface area is 106 Å². The number of nitrogens with two attached hydrogens (primary N) is 1. The van der Waals surface area contributed by atoms with Gasteiger partial charge in [-0.1, -0.05) is 6.07 Å². The first-order valence-corrected chi connectivity index (χ1v) is 6.16. The van der Waals surface area contributed by atoms with Gasteiger partial charge in [-0.3, -0.25) is 0 Å². The summed E-state index contributed by atoms with van der Waals surface area (Å²) in [6.07, 6.45) is 2.15. The zero-order chi connectivity index (χ0) is 12.5. The van der Waals surface area contributed by atoms with Crippen molar-refractivity contribution in [2.24, 2.45) is 0 Å². The molecule has 0 fully saturated rings. The quantitative estimate of drug-likeness (QED) is 0.558. The molecular formula is C15H16N2O. The summed E-state index contributed by atoms with van der Waals surface area (Å²) in [5, 5.41) is 12.8. The van der Waals surface area contributed by atoms with Crippen LogP contribution >= 0.6 is 0 Å². The van der Waals surface area contributed by atoms with Crippen molar-refractivity contribution in [3.8, 4) is 5.75 Å². The molecule has 1 unspecified atom stereocenters. The molecule has 3 heteroatoms. The topological polar surface area (TPSA) is 58.3 Å². The Kier molecular flexibility index (Phi) is 2.59. The third-order valence-electron chi connectivity index (χ3n) is 3.45. The molecule has 0 heterocycles. The van der Waals surface area contributed by atoms with Gasteiger partial charge in [-0.25, -0.2) is 0 Å². The van der Waals surface area contributed by atoms with Crippen molar-refractivity contribution in [3.05, 3.63) is 53.6 Å². The second kappa shape index (κ2) is 4.26. The van der Waals surface area contributed by atoms with Crippen LogP contribution in [-0.2, 0) is 6.42 Å². The van der Waals surface area contributed by atoms with Gasteiger partial charge < -0.3 is 16.2 Å². The minimum atomic E-state index is 0.292. The summed E-state index contributed by atoms with van der Waals surface area (Å²) in [7, 11) is 0. The number of phenolic OH excluding ortho intramolecular Hbond substituents is 1. The number of rotatable bonds is 2. The van der Waals surface area contributed by atoms with E-state index in [0.29, 0.717) is 11.8 Å². The number of anilines is 2. The molecule has 0 radical (unpaired) electrons. The van der Waals surface area contributed by atoms with Crippen molar-refractivity contribution < 1.29 is 5.11 Å². The van der Waals surface area contributed by atoms with E-state index in [1.54, 1.807) is 12.1 Å². The van der Waals surface area contributed by atoms with Crippen LogP contribution in [-0.4, -0.2) is 5.11 Å². The SMILES string of the molecule is Nc1ccc2c(c1)CCC2Nc1ccc(O)cc1. The van der Waals surface area contributed by atoms with Gasteiger partial charge in [-0.15, -0.1) is 0 Å². The fourth-order valence-electron chi connectivity index (χ4n) is 2.55. The molecule has 0 amide bonds. The maximum atomic E-state index is 9.26. The van der Waals surface area contributed by atoms with E-state index in [-0.39, 0.29) is 0 Å². The molecule has 1 atom stereocenters. The summed E-state index contributed by atoms with van der Waals surface area (Å²) in [6, 6.07) is 13.6. The largest absolute Gasteiger partial charge is 0.508 e. The number of nitrogen functional groups attached to an aromatic ring is 1. The summed E-state index contributed by atoms with van der Waals surface area (Å²) in [5.74, 6) is 0.292. The van der Waals surface area contributed by atoms with E-state index in [0.717, 1.165) is 24.2 Å². The van der Waals surface area contributed by atoms with Crippen LogP contribution in [0.15, 0.2) is 42.5 Å². The van der Waals surface area contributed by atoms with E-state index in [9.17, 15) is 5.11 Å². The van der Waals surface area contributed by atoms with Crippen molar-refractivity contribution in [2.45, 2.75) is 18.9 Å². The lowest BCUT2D eigenvalue weighted by molar-refractivity contribution is 0.475. The monoisotopic (exact) mass is 240 g/mol.